The zero-order valence-electron chi connectivity index (χ0n) is 10.2. The van der Waals surface area contributed by atoms with Gasteiger partial charge in [0.2, 0.25) is 0 Å². The van der Waals surface area contributed by atoms with E-state index in [9.17, 15) is 9.59 Å². The van der Waals surface area contributed by atoms with Crippen LogP contribution < -0.4 is 0 Å². The lowest BCUT2D eigenvalue weighted by Gasteiger charge is -2.02. The lowest BCUT2D eigenvalue weighted by molar-refractivity contribution is -0.131. The van der Waals surface area contributed by atoms with Gasteiger partial charge in [0.25, 0.3) is 0 Å². The van der Waals surface area contributed by atoms with E-state index in [1.165, 1.54) is 30.6 Å². The highest BCUT2D eigenvalue weighted by Gasteiger charge is 2.07. The summed E-state index contributed by atoms with van der Waals surface area (Å²) >= 11 is 0. The zero-order chi connectivity index (χ0) is 14.5. The second kappa shape index (κ2) is 5.75. The molecule has 0 aromatic carbocycles. The van der Waals surface area contributed by atoms with Crippen LogP contribution in [0.5, 0.6) is 0 Å². The Morgan fingerprint density at radius 3 is 2.30 bits per heavy atom. The molecule has 0 fully saturated rings. The average Bonchev–Trinajstić information content (AvgIpc) is 2.45. The molecule has 0 saturated heterocycles. The lowest BCUT2D eigenvalue weighted by Crippen LogP contribution is -1.98. The normalized spacial score (nSPS) is 10.6. The number of carboxylic acid groups (broad SMARTS) is 2. The largest absolute Gasteiger partial charge is 0.478 e. The highest BCUT2D eigenvalue weighted by Crippen LogP contribution is 2.17. The van der Waals surface area contributed by atoms with Crippen molar-refractivity contribution in [3.05, 3.63) is 53.9 Å². The van der Waals surface area contributed by atoms with Crippen LogP contribution in [0.25, 0.3) is 17.5 Å². The van der Waals surface area contributed by atoms with Crippen molar-refractivity contribution in [3.8, 4) is 11.4 Å². The second-order valence-corrected chi connectivity index (χ2v) is 3.88. The Hall–Kier alpha value is -3.02. The fourth-order valence-electron chi connectivity index (χ4n) is 1.56. The minimum Gasteiger partial charge on any atom is -0.478 e. The number of rotatable bonds is 4. The SMILES string of the molecule is O=C(O)/C=C/c1ccnc(-c2cc(C(=O)O)ccn2)c1. The number of pyridine rings is 2. The lowest BCUT2D eigenvalue weighted by atomic mass is 10.1. The van der Waals surface area contributed by atoms with Crippen molar-refractivity contribution in [1.82, 2.24) is 9.97 Å². The molecule has 0 amide bonds. The van der Waals surface area contributed by atoms with Gasteiger partial charge in [0.05, 0.1) is 17.0 Å². The van der Waals surface area contributed by atoms with E-state index < -0.39 is 11.9 Å². The molecule has 0 aliphatic rings. The molecule has 6 heteroatoms. The van der Waals surface area contributed by atoms with Gasteiger partial charge < -0.3 is 10.2 Å². The highest BCUT2D eigenvalue weighted by molar-refractivity contribution is 5.89. The van der Waals surface area contributed by atoms with E-state index in [0.29, 0.717) is 17.0 Å². The summed E-state index contributed by atoms with van der Waals surface area (Å²) in [6, 6.07) is 6.08. The fraction of sp³-hybridized carbons (Fsp3) is 0. The summed E-state index contributed by atoms with van der Waals surface area (Å²) in [5.41, 5.74) is 1.64. The Balaban J connectivity index is 2.38. The van der Waals surface area contributed by atoms with Crippen LogP contribution in [-0.2, 0) is 4.79 Å². The minimum absolute atomic E-state index is 0.114. The Morgan fingerprint density at radius 2 is 1.65 bits per heavy atom. The molecule has 2 aromatic rings. The topological polar surface area (TPSA) is 100 Å². The van der Waals surface area contributed by atoms with Crippen LogP contribution in [0.2, 0.25) is 0 Å². The third kappa shape index (κ3) is 3.26. The molecule has 100 valence electrons. The summed E-state index contributed by atoms with van der Waals surface area (Å²) < 4.78 is 0. The molecule has 0 saturated carbocycles. The molecular weight excluding hydrogens is 260 g/mol. The van der Waals surface area contributed by atoms with Crippen LogP contribution in [0.3, 0.4) is 0 Å². The van der Waals surface area contributed by atoms with E-state index in [1.54, 1.807) is 12.1 Å². The summed E-state index contributed by atoms with van der Waals surface area (Å²) in [6.45, 7) is 0. The van der Waals surface area contributed by atoms with Crippen LogP contribution in [0.1, 0.15) is 15.9 Å². The number of aromatic carboxylic acids is 1. The van der Waals surface area contributed by atoms with Crippen molar-refractivity contribution in [1.29, 1.82) is 0 Å². The maximum Gasteiger partial charge on any atom is 0.335 e. The van der Waals surface area contributed by atoms with Crippen LogP contribution in [0.4, 0.5) is 0 Å². The van der Waals surface area contributed by atoms with Crippen molar-refractivity contribution in [2.75, 3.05) is 0 Å². The molecule has 6 nitrogen and oxygen atoms in total. The second-order valence-electron chi connectivity index (χ2n) is 3.88. The van der Waals surface area contributed by atoms with Crippen molar-refractivity contribution in [3.63, 3.8) is 0 Å². The van der Waals surface area contributed by atoms with Crippen molar-refractivity contribution >= 4 is 18.0 Å². The molecule has 0 radical (unpaired) electrons. The van der Waals surface area contributed by atoms with E-state index in [2.05, 4.69) is 9.97 Å². The van der Waals surface area contributed by atoms with Gasteiger partial charge in [-0.2, -0.15) is 0 Å². The van der Waals surface area contributed by atoms with Crippen LogP contribution in [0, 0.1) is 0 Å². The van der Waals surface area contributed by atoms with Gasteiger partial charge in [-0.1, -0.05) is 0 Å². The van der Waals surface area contributed by atoms with Gasteiger partial charge in [-0.3, -0.25) is 9.97 Å². The Bertz CT molecular complexity index is 695. The Morgan fingerprint density at radius 1 is 1.00 bits per heavy atom. The number of hydrogen-bond acceptors (Lipinski definition) is 4. The predicted molar refractivity (Wildman–Crippen MR) is 71.1 cm³/mol. The molecule has 20 heavy (non-hydrogen) atoms. The number of carboxylic acids is 2. The van der Waals surface area contributed by atoms with Crippen LogP contribution in [0.15, 0.2) is 42.7 Å². The molecule has 2 rings (SSSR count). The van der Waals surface area contributed by atoms with Crippen molar-refractivity contribution < 1.29 is 19.8 Å². The summed E-state index contributed by atoms with van der Waals surface area (Å²) in [5, 5.41) is 17.5. The quantitative estimate of drug-likeness (QED) is 0.823. The molecular formula is C14H10N2O4. The first-order chi connectivity index (χ1) is 9.56. The molecule has 0 spiro atoms. The molecule has 2 aromatic heterocycles. The standard InChI is InChI=1S/C14H10N2O4/c17-13(18)2-1-9-3-5-15-11(7-9)12-8-10(14(19)20)4-6-16-12/h1-8H,(H,17,18)(H,19,20)/b2-1+. The number of hydrogen-bond donors (Lipinski definition) is 2. The van der Waals surface area contributed by atoms with Gasteiger partial charge in [0.1, 0.15) is 0 Å². The molecule has 0 bridgehead atoms. The molecule has 0 aliphatic heterocycles. The average molecular weight is 270 g/mol. The number of carbonyl (C=O) groups is 2. The smallest absolute Gasteiger partial charge is 0.335 e. The first-order valence-corrected chi connectivity index (χ1v) is 5.63. The maximum atomic E-state index is 10.9. The fourth-order valence-corrected chi connectivity index (χ4v) is 1.56. The van der Waals surface area contributed by atoms with E-state index in [1.807, 2.05) is 0 Å². The van der Waals surface area contributed by atoms with E-state index in [0.717, 1.165) is 6.08 Å². The van der Waals surface area contributed by atoms with Gasteiger partial charge in [0, 0.05) is 18.5 Å². The first kappa shape index (κ1) is 13.4. The Kier molecular flexibility index (Phi) is 3.85. The minimum atomic E-state index is -1.05. The Labute approximate surface area is 114 Å². The van der Waals surface area contributed by atoms with Gasteiger partial charge in [-0.15, -0.1) is 0 Å². The molecule has 2 N–H and O–H groups in total. The van der Waals surface area contributed by atoms with Crippen LogP contribution in [-0.4, -0.2) is 32.1 Å². The van der Waals surface area contributed by atoms with Gasteiger partial charge in [-0.25, -0.2) is 9.59 Å². The van der Waals surface area contributed by atoms with Crippen LogP contribution >= 0.6 is 0 Å². The monoisotopic (exact) mass is 270 g/mol. The summed E-state index contributed by atoms with van der Waals surface area (Å²) in [7, 11) is 0. The number of nitrogens with zero attached hydrogens (tertiary/aromatic N) is 2. The molecule has 0 unspecified atom stereocenters. The van der Waals surface area contributed by atoms with Gasteiger partial charge >= 0.3 is 11.9 Å². The predicted octanol–water partition coefficient (Wildman–Crippen LogP) is 1.94. The van der Waals surface area contributed by atoms with Gasteiger partial charge in [0.15, 0.2) is 0 Å². The molecule has 0 aliphatic carbocycles. The third-order valence-electron chi connectivity index (χ3n) is 2.47. The number of aliphatic carboxylic acids is 1. The third-order valence-corrected chi connectivity index (χ3v) is 2.47. The van der Waals surface area contributed by atoms with Crippen molar-refractivity contribution in [2.24, 2.45) is 0 Å². The van der Waals surface area contributed by atoms with E-state index >= 15 is 0 Å². The molecule has 0 atom stereocenters. The highest BCUT2D eigenvalue weighted by atomic mass is 16.4. The van der Waals surface area contributed by atoms with E-state index in [-0.39, 0.29) is 5.56 Å². The summed E-state index contributed by atoms with van der Waals surface area (Å²) in [5.74, 6) is -2.09. The van der Waals surface area contributed by atoms with Gasteiger partial charge in [-0.05, 0) is 35.9 Å². The zero-order valence-corrected chi connectivity index (χ0v) is 10.2. The molecule has 2 heterocycles. The maximum absolute atomic E-state index is 10.9. The number of aromatic nitrogens is 2. The summed E-state index contributed by atoms with van der Waals surface area (Å²) in [6.07, 6.45) is 5.33. The van der Waals surface area contributed by atoms with E-state index in [4.69, 9.17) is 10.2 Å². The summed E-state index contributed by atoms with van der Waals surface area (Å²) in [4.78, 5) is 29.5. The first-order valence-electron chi connectivity index (χ1n) is 5.63. The van der Waals surface area contributed by atoms with Crippen molar-refractivity contribution in [2.45, 2.75) is 0 Å².